The first kappa shape index (κ1) is 19.4. The molecule has 7 nitrogen and oxygen atoms in total. The number of aliphatic hydroxyl groups is 2. The van der Waals surface area contributed by atoms with Crippen LogP contribution in [-0.2, 0) is 14.6 Å². The second-order valence-corrected chi connectivity index (χ2v) is 5.48. The lowest BCUT2D eigenvalue weighted by Gasteiger charge is -2.31. The number of hydrogen-bond donors (Lipinski definition) is 4. The quantitative estimate of drug-likeness (QED) is 0.349. The standard InChI is InChI=1S/C8H19NO6S.ClH/c1-8(2,6-10)9(3)4-7(11)5-15-16(12,13)14;/h7,10-11H,4-6H2,1-3H3,(H,12,13,14);1H. The first-order chi connectivity index (χ1) is 7.08. The van der Waals surface area contributed by atoms with Crippen molar-refractivity contribution in [3.63, 3.8) is 0 Å². The Kier molecular flexibility index (Phi) is 8.52. The van der Waals surface area contributed by atoms with Crippen LogP contribution in [0.25, 0.3) is 0 Å². The Morgan fingerprint density at radius 3 is 2.24 bits per heavy atom. The summed E-state index contributed by atoms with van der Waals surface area (Å²) in [6.45, 7) is 3.24. The molecule has 0 saturated carbocycles. The van der Waals surface area contributed by atoms with Crippen LogP contribution in [0.2, 0.25) is 0 Å². The minimum absolute atomic E-state index is 0. The van der Waals surface area contributed by atoms with Gasteiger partial charge in [0.15, 0.2) is 0 Å². The number of aliphatic hydroxyl groups excluding tert-OH is 2. The van der Waals surface area contributed by atoms with Gasteiger partial charge in [-0.05, 0) is 13.8 Å². The lowest BCUT2D eigenvalue weighted by atomic mass is 10.0. The van der Waals surface area contributed by atoms with Gasteiger partial charge in [-0.1, -0.05) is 0 Å². The zero-order valence-electron chi connectivity index (χ0n) is 10.1. The predicted octanol–water partition coefficient (Wildman–Crippen LogP) is -5.54. The van der Waals surface area contributed by atoms with Gasteiger partial charge in [0.25, 0.3) is 0 Å². The average Bonchev–Trinajstić information content (AvgIpc) is 2.13. The fourth-order valence-electron chi connectivity index (χ4n) is 0.988. The normalized spacial score (nSPS) is 16.1. The van der Waals surface area contributed by atoms with Gasteiger partial charge < -0.3 is 27.5 Å². The third-order valence-corrected chi connectivity index (χ3v) is 2.94. The van der Waals surface area contributed by atoms with E-state index in [1.807, 2.05) is 0 Å². The van der Waals surface area contributed by atoms with Crippen LogP contribution >= 0.6 is 0 Å². The maximum Gasteiger partial charge on any atom is 0.397 e. The zero-order chi connectivity index (χ0) is 13.0. The van der Waals surface area contributed by atoms with Crippen LogP contribution in [0, 0.1) is 0 Å². The molecule has 0 spiro atoms. The summed E-state index contributed by atoms with van der Waals surface area (Å²) in [7, 11) is -2.76. The Hall–Kier alpha value is 0.0400. The number of halogens is 1. The monoisotopic (exact) mass is 293 g/mol. The molecule has 0 amide bonds. The van der Waals surface area contributed by atoms with E-state index in [-0.39, 0.29) is 25.6 Å². The molecule has 17 heavy (non-hydrogen) atoms. The first-order valence-electron chi connectivity index (χ1n) is 4.82. The number of nitrogens with one attached hydrogen (secondary N) is 1. The number of likely N-dealkylation sites (N-methyl/N-ethyl adjacent to an activating group) is 1. The summed E-state index contributed by atoms with van der Waals surface area (Å²) in [6.07, 6.45) is -1.03. The van der Waals surface area contributed by atoms with Crippen LogP contribution in [0.1, 0.15) is 13.8 Å². The Balaban J connectivity index is 0. The molecule has 106 valence electrons. The van der Waals surface area contributed by atoms with E-state index in [1.165, 1.54) is 0 Å². The molecule has 0 aliphatic rings. The number of rotatable bonds is 7. The topological polar surface area (TPSA) is 109 Å². The lowest BCUT2D eigenvalue weighted by Crippen LogP contribution is -3.18. The van der Waals surface area contributed by atoms with E-state index in [9.17, 15) is 13.5 Å². The van der Waals surface area contributed by atoms with Crippen molar-refractivity contribution in [3.8, 4) is 0 Å². The molecule has 4 N–H and O–H groups in total. The molecule has 0 bridgehead atoms. The zero-order valence-corrected chi connectivity index (χ0v) is 11.6. The average molecular weight is 294 g/mol. The van der Waals surface area contributed by atoms with Crippen LogP contribution in [0.15, 0.2) is 0 Å². The van der Waals surface area contributed by atoms with Gasteiger partial charge in [-0.2, -0.15) is 8.42 Å². The van der Waals surface area contributed by atoms with Crippen LogP contribution in [-0.4, -0.2) is 61.6 Å². The molecule has 9 heteroatoms. The number of quaternary nitrogens is 1. The molecule has 0 aliphatic carbocycles. The molecule has 0 fully saturated rings. The van der Waals surface area contributed by atoms with Gasteiger partial charge in [0.1, 0.15) is 24.8 Å². The maximum absolute atomic E-state index is 10.2. The summed E-state index contributed by atoms with van der Waals surface area (Å²) in [5, 5.41) is 18.5. The SMILES string of the molecule is C[NH+](CC(O)COS(=O)(=O)O)C(C)(C)CO.[Cl-]. The highest BCUT2D eigenvalue weighted by atomic mass is 35.5. The van der Waals surface area contributed by atoms with E-state index in [0.717, 1.165) is 4.90 Å². The summed E-state index contributed by atoms with van der Waals surface area (Å²) < 4.78 is 32.8. The molecule has 2 unspecified atom stereocenters. The van der Waals surface area contributed by atoms with Crippen molar-refractivity contribution in [2.24, 2.45) is 0 Å². The Morgan fingerprint density at radius 1 is 1.41 bits per heavy atom. The van der Waals surface area contributed by atoms with Gasteiger partial charge in [-0.3, -0.25) is 4.55 Å². The largest absolute Gasteiger partial charge is 1.00 e. The molecule has 0 saturated heterocycles. The van der Waals surface area contributed by atoms with Crippen molar-refractivity contribution in [2.75, 3.05) is 26.8 Å². The summed E-state index contributed by atoms with van der Waals surface area (Å²) in [6, 6.07) is 0. The third-order valence-electron chi connectivity index (χ3n) is 2.50. The molecule has 0 rings (SSSR count). The van der Waals surface area contributed by atoms with Crippen molar-refractivity contribution >= 4 is 10.4 Å². The smallest absolute Gasteiger partial charge is 0.397 e. The minimum Gasteiger partial charge on any atom is -1.00 e. The van der Waals surface area contributed by atoms with Gasteiger partial charge in [-0.25, -0.2) is 4.18 Å². The van der Waals surface area contributed by atoms with Crippen molar-refractivity contribution in [1.82, 2.24) is 0 Å². The highest BCUT2D eigenvalue weighted by Gasteiger charge is 2.28. The Labute approximate surface area is 108 Å². The molecule has 0 radical (unpaired) electrons. The van der Waals surface area contributed by atoms with Crippen molar-refractivity contribution in [1.29, 1.82) is 0 Å². The van der Waals surface area contributed by atoms with Crippen LogP contribution < -0.4 is 17.3 Å². The van der Waals surface area contributed by atoms with Crippen molar-refractivity contribution < 1.29 is 44.7 Å². The van der Waals surface area contributed by atoms with E-state index in [0.29, 0.717) is 0 Å². The van der Waals surface area contributed by atoms with E-state index in [2.05, 4.69) is 4.18 Å². The summed E-state index contributed by atoms with van der Waals surface area (Å²) >= 11 is 0. The first-order valence-corrected chi connectivity index (χ1v) is 6.18. The predicted molar refractivity (Wildman–Crippen MR) is 56.4 cm³/mol. The molecule has 2 atom stereocenters. The maximum atomic E-state index is 10.2. The molecule has 0 aliphatic heterocycles. The van der Waals surface area contributed by atoms with Gasteiger partial charge >= 0.3 is 10.4 Å². The second kappa shape index (κ2) is 7.47. The molecule has 0 aromatic carbocycles. The molecular weight excluding hydrogens is 274 g/mol. The Bertz CT molecular complexity index is 307. The van der Waals surface area contributed by atoms with E-state index >= 15 is 0 Å². The van der Waals surface area contributed by atoms with E-state index < -0.39 is 28.6 Å². The summed E-state index contributed by atoms with van der Waals surface area (Å²) in [5.41, 5.74) is -0.445. The van der Waals surface area contributed by atoms with Gasteiger partial charge in [0.05, 0.1) is 13.7 Å². The minimum atomic E-state index is -4.51. The second-order valence-electron chi connectivity index (χ2n) is 4.39. The van der Waals surface area contributed by atoms with E-state index in [4.69, 9.17) is 9.66 Å². The van der Waals surface area contributed by atoms with Crippen molar-refractivity contribution in [3.05, 3.63) is 0 Å². The van der Waals surface area contributed by atoms with Crippen LogP contribution in [0.3, 0.4) is 0 Å². The number of hydrogen-bond acceptors (Lipinski definition) is 5. The van der Waals surface area contributed by atoms with E-state index in [1.54, 1.807) is 20.9 Å². The van der Waals surface area contributed by atoms with Crippen molar-refractivity contribution in [2.45, 2.75) is 25.5 Å². The summed E-state index contributed by atoms with van der Waals surface area (Å²) in [4.78, 5) is 0.821. The molecule has 0 aromatic heterocycles. The van der Waals surface area contributed by atoms with Crippen LogP contribution in [0.5, 0.6) is 0 Å². The summed E-state index contributed by atoms with van der Waals surface area (Å²) in [5.74, 6) is 0. The fourth-order valence-corrected chi connectivity index (χ4v) is 1.32. The Morgan fingerprint density at radius 2 is 1.88 bits per heavy atom. The van der Waals surface area contributed by atoms with Gasteiger partial charge in [0, 0.05) is 0 Å². The lowest BCUT2D eigenvalue weighted by molar-refractivity contribution is -0.933. The molecule has 0 heterocycles. The fraction of sp³-hybridized carbons (Fsp3) is 1.00. The third kappa shape index (κ3) is 8.72. The van der Waals surface area contributed by atoms with Gasteiger partial charge in [-0.15, -0.1) is 0 Å². The molecule has 0 aromatic rings. The highest BCUT2D eigenvalue weighted by Crippen LogP contribution is 1.94. The molecular formula is C8H20ClNO6S. The highest BCUT2D eigenvalue weighted by molar-refractivity contribution is 7.80. The van der Waals surface area contributed by atoms with Crippen LogP contribution in [0.4, 0.5) is 0 Å². The van der Waals surface area contributed by atoms with Gasteiger partial charge in [0.2, 0.25) is 0 Å².